The van der Waals surface area contributed by atoms with Gasteiger partial charge in [-0.3, -0.25) is 4.79 Å². The Balaban J connectivity index is 2.05. The molecule has 0 radical (unpaired) electrons. The maximum absolute atomic E-state index is 12.3. The molecule has 1 unspecified atom stereocenters. The fourth-order valence-electron chi connectivity index (χ4n) is 2.50. The zero-order chi connectivity index (χ0) is 16.9. The molecule has 1 atom stereocenters. The zero-order valence-electron chi connectivity index (χ0n) is 12.5. The standard InChI is InChI=1S/C14H19F3N4O2/c15-14(16,17)3-1-11-2-4-19-13(20-11)21-6-5-18-8-10(9-21)7-12(22)23/h2,4,10,18H,1,3,5-9H2,(H,22,23). The van der Waals surface area contributed by atoms with E-state index in [0.29, 0.717) is 37.8 Å². The Labute approximate surface area is 131 Å². The van der Waals surface area contributed by atoms with Gasteiger partial charge in [0.05, 0.1) is 6.42 Å². The van der Waals surface area contributed by atoms with Crippen molar-refractivity contribution in [1.29, 1.82) is 0 Å². The molecule has 1 aliphatic rings. The third-order valence-electron chi connectivity index (χ3n) is 3.58. The number of hydrogen-bond acceptors (Lipinski definition) is 5. The molecule has 2 rings (SSSR count). The van der Waals surface area contributed by atoms with Crippen LogP contribution in [0.1, 0.15) is 18.5 Å². The predicted molar refractivity (Wildman–Crippen MR) is 77.2 cm³/mol. The summed E-state index contributed by atoms with van der Waals surface area (Å²) in [5, 5.41) is 12.1. The van der Waals surface area contributed by atoms with Crippen molar-refractivity contribution in [1.82, 2.24) is 15.3 Å². The van der Waals surface area contributed by atoms with Crippen molar-refractivity contribution < 1.29 is 23.1 Å². The van der Waals surface area contributed by atoms with Gasteiger partial charge in [0.25, 0.3) is 0 Å². The third kappa shape index (κ3) is 6.01. The van der Waals surface area contributed by atoms with Gasteiger partial charge in [0.15, 0.2) is 0 Å². The van der Waals surface area contributed by atoms with E-state index in [4.69, 9.17) is 5.11 Å². The lowest BCUT2D eigenvalue weighted by Gasteiger charge is -2.23. The van der Waals surface area contributed by atoms with Crippen LogP contribution in [-0.4, -0.2) is 53.4 Å². The molecule has 1 fully saturated rings. The fourth-order valence-corrected chi connectivity index (χ4v) is 2.50. The molecule has 1 aliphatic heterocycles. The van der Waals surface area contributed by atoms with Gasteiger partial charge in [-0.2, -0.15) is 13.2 Å². The number of hydrogen-bond donors (Lipinski definition) is 2. The molecule has 2 N–H and O–H groups in total. The third-order valence-corrected chi connectivity index (χ3v) is 3.58. The van der Waals surface area contributed by atoms with Crippen LogP contribution in [0.2, 0.25) is 0 Å². The zero-order valence-corrected chi connectivity index (χ0v) is 12.5. The Morgan fingerprint density at radius 1 is 1.48 bits per heavy atom. The second kappa shape index (κ2) is 7.58. The van der Waals surface area contributed by atoms with E-state index in [1.165, 1.54) is 12.3 Å². The summed E-state index contributed by atoms with van der Waals surface area (Å²) < 4.78 is 36.9. The molecule has 23 heavy (non-hydrogen) atoms. The van der Waals surface area contributed by atoms with E-state index in [2.05, 4.69) is 15.3 Å². The smallest absolute Gasteiger partial charge is 0.389 e. The number of nitrogens with zero attached hydrogens (tertiary/aromatic N) is 3. The van der Waals surface area contributed by atoms with Gasteiger partial charge in [0.2, 0.25) is 5.95 Å². The summed E-state index contributed by atoms with van der Waals surface area (Å²) in [7, 11) is 0. The van der Waals surface area contributed by atoms with Crippen molar-refractivity contribution in [3.8, 4) is 0 Å². The minimum absolute atomic E-state index is 0.0251. The molecule has 0 bridgehead atoms. The van der Waals surface area contributed by atoms with Gasteiger partial charge in [-0.1, -0.05) is 0 Å². The lowest BCUT2D eigenvalue weighted by atomic mass is 10.1. The van der Waals surface area contributed by atoms with Crippen LogP contribution >= 0.6 is 0 Å². The monoisotopic (exact) mass is 332 g/mol. The number of rotatable bonds is 5. The van der Waals surface area contributed by atoms with E-state index >= 15 is 0 Å². The van der Waals surface area contributed by atoms with E-state index in [0.717, 1.165) is 0 Å². The second-order valence-corrected chi connectivity index (χ2v) is 5.58. The molecule has 0 aromatic carbocycles. The first-order chi connectivity index (χ1) is 10.8. The van der Waals surface area contributed by atoms with Gasteiger partial charge in [0, 0.05) is 44.5 Å². The van der Waals surface area contributed by atoms with E-state index in [1.807, 2.05) is 4.90 Å². The number of aliphatic carboxylic acids is 1. The molecule has 0 aliphatic carbocycles. The summed E-state index contributed by atoms with van der Waals surface area (Å²) in [5.41, 5.74) is 0.333. The van der Waals surface area contributed by atoms with Crippen molar-refractivity contribution >= 4 is 11.9 Å². The highest BCUT2D eigenvalue weighted by Crippen LogP contribution is 2.22. The largest absolute Gasteiger partial charge is 0.481 e. The summed E-state index contributed by atoms with van der Waals surface area (Å²) in [6.45, 7) is 2.27. The molecule has 0 saturated carbocycles. The number of anilines is 1. The Bertz CT molecular complexity index is 539. The molecule has 1 aromatic rings. The van der Waals surface area contributed by atoms with Gasteiger partial charge in [-0.05, 0) is 18.4 Å². The SMILES string of the molecule is O=C(O)CC1CNCCN(c2nccc(CCC(F)(F)F)n2)C1. The summed E-state index contributed by atoms with van der Waals surface area (Å²) >= 11 is 0. The highest BCUT2D eigenvalue weighted by Gasteiger charge is 2.27. The fraction of sp³-hybridized carbons (Fsp3) is 0.643. The second-order valence-electron chi connectivity index (χ2n) is 5.58. The van der Waals surface area contributed by atoms with Crippen LogP contribution in [0.25, 0.3) is 0 Å². The number of aromatic nitrogens is 2. The van der Waals surface area contributed by atoms with Gasteiger partial charge >= 0.3 is 12.1 Å². The number of alkyl halides is 3. The van der Waals surface area contributed by atoms with Gasteiger partial charge < -0.3 is 15.3 Å². The van der Waals surface area contributed by atoms with Crippen LogP contribution in [0.5, 0.6) is 0 Å². The maximum atomic E-state index is 12.3. The minimum atomic E-state index is -4.22. The van der Waals surface area contributed by atoms with Crippen LogP contribution in [-0.2, 0) is 11.2 Å². The number of aryl methyl sites for hydroxylation is 1. The summed E-state index contributed by atoms with van der Waals surface area (Å²) in [6, 6.07) is 1.47. The van der Waals surface area contributed by atoms with Crippen molar-refractivity contribution in [3.63, 3.8) is 0 Å². The van der Waals surface area contributed by atoms with E-state index in [1.54, 1.807) is 0 Å². The predicted octanol–water partition coefficient (Wildman–Crippen LogP) is 1.47. The van der Waals surface area contributed by atoms with Crippen LogP contribution in [0, 0.1) is 5.92 Å². The number of carboxylic acids is 1. The van der Waals surface area contributed by atoms with Crippen LogP contribution in [0.3, 0.4) is 0 Å². The van der Waals surface area contributed by atoms with Crippen molar-refractivity contribution in [2.45, 2.75) is 25.4 Å². The number of halogens is 3. The molecule has 128 valence electrons. The lowest BCUT2D eigenvalue weighted by molar-refractivity contribution is -0.138. The normalized spacial score (nSPS) is 19.4. The average Bonchev–Trinajstić information content (AvgIpc) is 2.70. The van der Waals surface area contributed by atoms with E-state index < -0.39 is 18.6 Å². The molecule has 6 nitrogen and oxygen atoms in total. The topological polar surface area (TPSA) is 78.4 Å². The molecule has 0 spiro atoms. The summed E-state index contributed by atoms with van der Waals surface area (Å²) in [4.78, 5) is 21.0. The molecule has 9 heteroatoms. The molecule has 0 amide bonds. The summed E-state index contributed by atoms with van der Waals surface area (Å²) in [6.07, 6.45) is -3.86. The summed E-state index contributed by atoms with van der Waals surface area (Å²) in [5.74, 6) is -0.625. The van der Waals surface area contributed by atoms with Gasteiger partial charge in [-0.15, -0.1) is 0 Å². The highest BCUT2D eigenvalue weighted by molar-refractivity contribution is 5.67. The Morgan fingerprint density at radius 2 is 2.26 bits per heavy atom. The van der Waals surface area contributed by atoms with E-state index in [9.17, 15) is 18.0 Å². The van der Waals surface area contributed by atoms with Crippen molar-refractivity contribution in [2.24, 2.45) is 5.92 Å². The molecule has 1 aromatic heterocycles. The Kier molecular flexibility index (Phi) is 5.75. The van der Waals surface area contributed by atoms with Crippen LogP contribution < -0.4 is 10.2 Å². The Morgan fingerprint density at radius 3 is 2.96 bits per heavy atom. The molecule has 1 saturated heterocycles. The van der Waals surface area contributed by atoms with Gasteiger partial charge in [-0.25, -0.2) is 9.97 Å². The quantitative estimate of drug-likeness (QED) is 0.850. The average molecular weight is 332 g/mol. The molecule has 2 heterocycles. The number of carboxylic acid groups (broad SMARTS) is 1. The first-order valence-corrected chi connectivity index (χ1v) is 7.39. The highest BCUT2D eigenvalue weighted by atomic mass is 19.4. The lowest BCUT2D eigenvalue weighted by Crippen LogP contribution is -2.32. The first kappa shape index (κ1) is 17.5. The van der Waals surface area contributed by atoms with Crippen LogP contribution in [0.15, 0.2) is 12.3 Å². The minimum Gasteiger partial charge on any atom is -0.481 e. The maximum Gasteiger partial charge on any atom is 0.389 e. The Hall–Kier alpha value is -1.90. The van der Waals surface area contributed by atoms with E-state index in [-0.39, 0.29) is 18.8 Å². The van der Waals surface area contributed by atoms with Crippen molar-refractivity contribution in [3.05, 3.63) is 18.0 Å². The number of carbonyl (C=O) groups is 1. The van der Waals surface area contributed by atoms with Crippen LogP contribution in [0.4, 0.5) is 19.1 Å². The van der Waals surface area contributed by atoms with Crippen molar-refractivity contribution in [2.75, 3.05) is 31.1 Å². The first-order valence-electron chi connectivity index (χ1n) is 7.39. The molecular weight excluding hydrogens is 313 g/mol. The molecular formula is C14H19F3N4O2. The van der Waals surface area contributed by atoms with Gasteiger partial charge in [0.1, 0.15) is 0 Å². The number of nitrogens with one attached hydrogen (secondary N) is 1.